The van der Waals surface area contributed by atoms with Crippen LogP contribution in [0.2, 0.25) is 0 Å². The van der Waals surface area contributed by atoms with Crippen molar-refractivity contribution in [3.63, 3.8) is 0 Å². The van der Waals surface area contributed by atoms with Gasteiger partial charge in [-0.05, 0) is 60.4 Å². The van der Waals surface area contributed by atoms with Gasteiger partial charge in [0.15, 0.2) is 0 Å². The summed E-state index contributed by atoms with van der Waals surface area (Å²) in [5.41, 5.74) is 1.79. The molecule has 0 bridgehead atoms. The summed E-state index contributed by atoms with van der Waals surface area (Å²) < 4.78 is 57.2. The number of cyclic esters (lactones) is 1. The summed E-state index contributed by atoms with van der Waals surface area (Å²) in [6.45, 7) is 3.63. The largest absolute Gasteiger partial charge is 0.496 e. The molecule has 1 fully saturated rings. The van der Waals surface area contributed by atoms with E-state index in [2.05, 4.69) is 0 Å². The lowest BCUT2D eigenvalue weighted by Crippen LogP contribution is -2.31. The number of methoxy groups -OCH3 is 1. The Morgan fingerprint density at radius 3 is 2.42 bits per heavy atom. The van der Waals surface area contributed by atoms with Crippen LogP contribution in [0.4, 0.5) is 18.0 Å². The second kappa shape index (κ2) is 11.2. The van der Waals surface area contributed by atoms with Crippen LogP contribution in [0.15, 0.2) is 66.7 Å². The Hall–Kier alpha value is -4.01. The van der Waals surface area contributed by atoms with Gasteiger partial charge in [0.1, 0.15) is 11.9 Å². The summed E-state index contributed by atoms with van der Waals surface area (Å²) in [5, 5.41) is 0. The summed E-state index contributed by atoms with van der Waals surface area (Å²) >= 11 is 0. The van der Waals surface area contributed by atoms with Gasteiger partial charge in [-0.25, -0.2) is 4.79 Å². The number of esters is 1. The van der Waals surface area contributed by atoms with Crippen LogP contribution in [0.5, 0.6) is 5.75 Å². The minimum absolute atomic E-state index is 0.00492. The van der Waals surface area contributed by atoms with Crippen molar-refractivity contribution in [3.05, 3.63) is 89.0 Å². The first-order valence-corrected chi connectivity index (χ1v) is 12.2. The first-order chi connectivity index (χ1) is 18.1. The first-order valence-electron chi connectivity index (χ1n) is 12.2. The molecule has 0 N–H and O–H groups in total. The molecule has 1 saturated heterocycles. The van der Waals surface area contributed by atoms with Crippen molar-refractivity contribution in [2.24, 2.45) is 0 Å². The molecule has 1 heterocycles. The lowest BCUT2D eigenvalue weighted by molar-refractivity contribution is -0.142. The minimum atomic E-state index is -4.58. The van der Waals surface area contributed by atoms with E-state index in [9.17, 15) is 22.8 Å². The number of nitrogens with zero attached hydrogens (tertiary/aromatic N) is 1. The van der Waals surface area contributed by atoms with Gasteiger partial charge in [0.25, 0.3) is 0 Å². The maximum Gasteiger partial charge on any atom is 0.416 e. The van der Waals surface area contributed by atoms with Gasteiger partial charge in [-0.2, -0.15) is 13.2 Å². The van der Waals surface area contributed by atoms with E-state index in [1.54, 1.807) is 32.0 Å². The Labute approximate surface area is 218 Å². The van der Waals surface area contributed by atoms with Crippen molar-refractivity contribution in [3.8, 4) is 16.9 Å². The Morgan fingerprint density at radius 1 is 1.03 bits per heavy atom. The summed E-state index contributed by atoms with van der Waals surface area (Å²) in [6.07, 6.45) is -5.75. The molecule has 0 radical (unpaired) electrons. The SMILES string of the molecule is CCOC(=O)Cc1ccc(OC)c(-c2ccc(C(F)(F)F)cc2CN2C(=O)OC(c3ccccc3)C2C)c1. The monoisotopic (exact) mass is 527 g/mol. The van der Waals surface area contributed by atoms with Gasteiger partial charge in [0.2, 0.25) is 0 Å². The number of hydrogen-bond donors (Lipinski definition) is 0. The molecule has 3 aromatic carbocycles. The first kappa shape index (κ1) is 27.0. The van der Waals surface area contributed by atoms with Gasteiger partial charge in [0.05, 0.1) is 38.3 Å². The highest BCUT2D eigenvalue weighted by Crippen LogP contribution is 2.40. The maximum atomic E-state index is 13.7. The Balaban J connectivity index is 1.75. The van der Waals surface area contributed by atoms with Crippen molar-refractivity contribution >= 4 is 12.1 Å². The molecule has 9 heteroatoms. The number of rotatable bonds is 8. The van der Waals surface area contributed by atoms with E-state index < -0.39 is 35.9 Å². The molecule has 2 atom stereocenters. The smallest absolute Gasteiger partial charge is 0.416 e. The maximum absolute atomic E-state index is 13.7. The highest BCUT2D eigenvalue weighted by molar-refractivity contribution is 5.78. The standard InChI is InChI=1S/C29H28F3NO5/c1-4-37-26(34)15-19-10-13-25(36-3)24(14-19)23-12-11-22(29(30,31)32)16-21(23)17-33-18(2)27(38-28(33)35)20-8-6-5-7-9-20/h5-14,16,18,27H,4,15,17H2,1-3H3. The van der Waals surface area contributed by atoms with Crippen LogP contribution in [0, 0.1) is 0 Å². The molecule has 6 nitrogen and oxygen atoms in total. The fraction of sp³-hybridized carbons (Fsp3) is 0.310. The molecule has 0 aromatic heterocycles. The van der Waals surface area contributed by atoms with E-state index >= 15 is 0 Å². The number of alkyl halides is 3. The van der Waals surface area contributed by atoms with E-state index in [4.69, 9.17) is 14.2 Å². The summed E-state index contributed by atoms with van der Waals surface area (Å²) in [7, 11) is 1.46. The van der Waals surface area contributed by atoms with Gasteiger partial charge in [0, 0.05) is 5.56 Å². The molecule has 38 heavy (non-hydrogen) atoms. The van der Waals surface area contributed by atoms with Crippen LogP contribution >= 0.6 is 0 Å². The quantitative estimate of drug-likeness (QED) is 0.310. The third-order valence-electron chi connectivity index (χ3n) is 6.50. The number of amides is 1. The molecular formula is C29H28F3NO5. The molecule has 0 spiro atoms. The number of carbonyl (C=O) groups is 2. The number of benzene rings is 3. The predicted octanol–water partition coefficient (Wildman–Crippen LogP) is 6.57. The Bertz CT molecular complexity index is 1310. The molecule has 3 aromatic rings. The summed E-state index contributed by atoms with van der Waals surface area (Å²) in [4.78, 5) is 26.3. The molecule has 200 valence electrons. The van der Waals surface area contributed by atoms with Crippen molar-refractivity contribution in [1.29, 1.82) is 0 Å². The van der Waals surface area contributed by atoms with Gasteiger partial charge in [-0.15, -0.1) is 0 Å². The number of halogens is 3. The zero-order valence-electron chi connectivity index (χ0n) is 21.2. The summed E-state index contributed by atoms with van der Waals surface area (Å²) in [5.74, 6) is -0.00493. The van der Waals surface area contributed by atoms with Crippen LogP contribution in [0.3, 0.4) is 0 Å². The zero-order chi connectivity index (χ0) is 27.4. The average Bonchev–Trinajstić information content (AvgIpc) is 3.17. The van der Waals surface area contributed by atoms with Crippen LogP contribution in [-0.2, 0) is 33.4 Å². The van der Waals surface area contributed by atoms with E-state index in [-0.39, 0.29) is 25.1 Å². The van der Waals surface area contributed by atoms with Crippen LogP contribution in [0.25, 0.3) is 11.1 Å². The fourth-order valence-electron chi connectivity index (χ4n) is 4.60. The summed E-state index contributed by atoms with van der Waals surface area (Å²) in [6, 6.07) is 17.2. The second-order valence-corrected chi connectivity index (χ2v) is 8.97. The van der Waals surface area contributed by atoms with E-state index in [0.29, 0.717) is 22.4 Å². The third kappa shape index (κ3) is 5.77. The minimum Gasteiger partial charge on any atom is -0.496 e. The van der Waals surface area contributed by atoms with Gasteiger partial charge in [-0.1, -0.05) is 42.5 Å². The van der Waals surface area contributed by atoms with E-state index in [1.165, 1.54) is 18.1 Å². The highest BCUT2D eigenvalue weighted by atomic mass is 19.4. The van der Waals surface area contributed by atoms with Crippen LogP contribution in [0.1, 0.15) is 42.2 Å². The topological polar surface area (TPSA) is 65.1 Å². The van der Waals surface area contributed by atoms with Crippen molar-refractivity contribution < 1.29 is 37.0 Å². The number of ether oxygens (including phenoxy) is 3. The van der Waals surface area contributed by atoms with Crippen LogP contribution in [-0.4, -0.2) is 36.7 Å². The molecular weight excluding hydrogens is 499 g/mol. The van der Waals surface area contributed by atoms with E-state index in [0.717, 1.165) is 17.7 Å². The molecule has 0 aliphatic carbocycles. The average molecular weight is 528 g/mol. The van der Waals surface area contributed by atoms with Crippen molar-refractivity contribution in [2.45, 2.75) is 45.1 Å². The molecule has 1 aliphatic rings. The fourth-order valence-corrected chi connectivity index (χ4v) is 4.60. The van der Waals surface area contributed by atoms with Crippen LogP contribution < -0.4 is 4.74 Å². The van der Waals surface area contributed by atoms with E-state index in [1.807, 2.05) is 30.3 Å². The lowest BCUT2D eigenvalue weighted by Gasteiger charge is -2.24. The van der Waals surface area contributed by atoms with Gasteiger partial charge < -0.3 is 14.2 Å². The lowest BCUT2D eigenvalue weighted by atomic mass is 9.93. The van der Waals surface area contributed by atoms with Crippen molar-refractivity contribution in [2.75, 3.05) is 13.7 Å². The number of carbonyl (C=O) groups excluding carboxylic acids is 2. The molecule has 4 rings (SSSR count). The second-order valence-electron chi connectivity index (χ2n) is 8.97. The molecule has 1 amide bonds. The number of hydrogen-bond acceptors (Lipinski definition) is 5. The Kier molecular flexibility index (Phi) is 7.94. The van der Waals surface area contributed by atoms with Gasteiger partial charge in [-0.3, -0.25) is 9.69 Å². The Morgan fingerprint density at radius 2 is 1.76 bits per heavy atom. The normalized spacial score (nSPS) is 17.3. The molecule has 1 aliphatic heterocycles. The van der Waals surface area contributed by atoms with Crippen molar-refractivity contribution in [1.82, 2.24) is 4.90 Å². The molecule has 0 saturated carbocycles. The highest BCUT2D eigenvalue weighted by Gasteiger charge is 2.40. The zero-order valence-corrected chi connectivity index (χ0v) is 21.2. The third-order valence-corrected chi connectivity index (χ3v) is 6.50. The van der Waals surface area contributed by atoms with Gasteiger partial charge >= 0.3 is 18.2 Å². The predicted molar refractivity (Wildman–Crippen MR) is 134 cm³/mol. The molecule has 2 unspecified atom stereocenters.